The Kier molecular flexibility index (Phi) is 8.15. The zero-order valence-corrected chi connectivity index (χ0v) is 21.8. The average molecular weight is 512 g/mol. The van der Waals surface area contributed by atoms with Crippen LogP contribution in [0.25, 0.3) is 11.3 Å². The molecule has 1 unspecified atom stereocenters. The molecule has 38 heavy (non-hydrogen) atoms. The molecule has 0 spiro atoms. The number of ether oxygens (including phenoxy) is 2. The molecule has 1 aromatic heterocycles. The van der Waals surface area contributed by atoms with E-state index in [0.717, 1.165) is 68.3 Å². The highest BCUT2D eigenvalue weighted by Crippen LogP contribution is 2.27. The first-order valence-corrected chi connectivity index (χ1v) is 13.3. The molecule has 2 saturated heterocycles. The number of morpholine rings is 1. The Morgan fingerprint density at radius 3 is 2.71 bits per heavy atom. The van der Waals surface area contributed by atoms with E-state index in [1.54, 1.807) is 13.1 Å². The van der Waals surface area contributed by atoms with Gasteiger partial charge in [-0.25, -0.2) is 9.97 Å². The monoisotopic (exact) mass is 511 g/mol. The minimum atomic E-state index is 0.103. The van der Waals surface area contributed by atoms with Gasteiger partial charge in [0.25, 0.3) is 0 Å². The van der Waals surface area contributed by atoms with Crippen molar-refractivity contribution in [2.45, 2.75) is 26.2 Å². The van der Waals surface area contributed by atoms with E-state index in [4.69, 9.17) is 14.5 Å². The lowest BCUT2D eigenvalue weighted by atomic mass is 9.99. The summed E-state index contributed by atoms with van der Waals surface area (Å²) >= 11 is 0. The van der Waals surface area contributed by atoms with E-state index < -0.39 is 0 Å². The van der Waals surface area contributed by atoms with Crippen LogP contribution in [0.1, 0.15) is 36.7 Å². The van der Waals surface area contributed by atoms with Crippen molar-refractivity contribution in [3.8, 4) is 23.1 Å². The average Bonchev–Trinajstić information content (AvgIpc) is 2.97. The molecule has 196 valence electrons. The first-order chi connectivity index (χ1) is 18.6. The molecule has 2 aliphatic heterocycles. The van der Waals surface area contributed by atoms with Crippen molar-refractivity contribution in [2.75, 3.05) is 50.9 Å². The van der Waals surface area contributed by atoms with Crippen molar-refractivity contribution < 1.29 is 14.3 Å². The van der Waals surface area contributed by atoms with E-state index in [2.05, 4.69) is 40.2 Å². The van der Waals surface area contributed by atoms with Crippen LogP contribution >= 0.6 is 0 Å². The molecule has 8 nitrogen and oxygen atoms in total. The molecule has 0 radical (unpaired) electrons. The van der Waals surface area contributed by atoms with Gasteiger partial charge in [0.1, 0.15) is 17.6 Å². The van der Waals surface area contributed by atoms with Crippen molar-refractivity contribution in [2.24, 2.45) is 5.92 Å². The minimum Gasteiger partial charge on any atom is -0.492 e. The van der Waals surface area contributed by atoms with Crippen molar-refractivity contribution >= 4 is 11.6 Å². The maximum Gasteiger partial charge on any atom is 0.219 e. The van der Waals surface area contributed by atoms with Crippen LogP contribution in [-0.4, -0.2) is 66.8 Å². The Hall–Kier alpha value is -3.96. The van der Waals surface area contributed by atoms with Crippen LogP contribution in [0.5, 0.6) is 5.75 Å². The normalized spacial score (nSPS) is 17.6. The lowest BCUT2D eigenvalue weighted by Crippen LogP contribution is -2.40. The topological polar surface area (TPSA) is 91.6 Å². The quantitative estimate of drug-likeness (QED) is 0.472. The van der Waals surface area contributed by atoms with Crippen LogP contribution in [-0.2, 0) is 16.0 Å². The van der Waals surface area contributed by atoms with Gasteiger partial charge in [0, 0.05) is 62.9 Å². The van der Waals surface area contributed by atoms with Gasteiger partial charge in [-0.1, -0.05) is 12.1 Å². The molecule has 2 aliphatic rings. The number of likely N-dealkylation sites (tertiary alicyclic amines) is 1. The molecule has 5 rings (SSSR count). The lowest BCUT2D eigenvalue weighted by molar-refractivity contribution is -0.130. The second-order valence-electron chi connectivity index (χ2n) is 9.91. The van der Waals surface area contributed by atoms with Crippen LogP contribution in [0, 0.1) is 17.2 Å². The molecule has 3 aromatic rings. The van der Waals surface area contributed by atoms with Crippen LogP contribution < -0.4 is 9.64 Å². The number of hydrogen-bond acceptors (Lipinski definition) is 7. The van der Waals surface area contributed by atoms with Crippen LogP contribution in [0.3, 0.4) is 0 Å². The predicted octanol–water partition coefficient (Wildman–Crippen LogP) is 4.08. The molecule has 0 aliphatic carbocycles. The van der Waals surface area contributed by atoms with Gasteiger partial charge >= 0.3 is 0 Å². The van der Waals surface area contributed by atoms with Crippen molar-refractivity contribution in [3.05, 3.63) is 71.7 Å². The molecule has 3 heterocycles. The standard InChI is InChI=1S/C30H33N5O3/c1-22(36)35-12-2-3-24(20-35)21-38-29-9-6-25(18-26(29)19-31)28-10-11-32-30(33-28)17-23-4-7-27(8-5-23)34-13-15-37-16-14-34/h4-11,18,24H,2-3,12-17,20-21H2,1H3. The van der Waals surface area contributed by atoms with Gasteiger partial charge in [0.05, 0.1) is 31.1 Å². The first kappa shape index (κ1) is 25.7. The van der Waals surface area contributed by atoms with Gasteiger partial charge in [0.2, 0.25) is 5.91 Å². The summed E-state index contributed by atoms with van der Waals surface area (Å²) in [6.07, 6.45) is 4.39. The number of benzene rings is 2. The molecule has 2 fully saturated rings. The summed E-state index contributed by atoms with van der Waals surface area (Å²) in [6.45, 7) is 6.97. The number of hydrogen-bond donors (Lipinski definition) is 0. The fourth-order valence-electron chi connectivity index (χ4n) is 5.07. The third-order valence-corrected chi connectivity index (χ3v) is 7.21. The lowest BCUT2D eigenvalue weighted by Gasteiger charge is -2.31. The van der Waals surface area contributed by atoms with Crippen molar-refractivity contribution in [1.82, 2.24) is 14.9 Å². The van der Waals surface area contributed by atoms with Crippen molar-refractivity contribution in [3.63, 3.8) is 0 Å². The van der Waals surface area contributed by atoms with Gasteiger partial charge in [-0.2, -0.15) is 5.26 Å². The summed E-state index contributed by atoms with van der Waals surface area (Å²) in [7, 11) is 0. The molecule has 8 heteroatoms. The number of amides is 1. The second kappa shape index (κ2) is 12.1. The third kappa shape index (κ3) is 6.29. The Morgan fingerprint density at radius 1 is 1.13 bits per heavy atom. The summed E-state index contributed by atoms with van der Waals surface area (Å²) in [4.78, 5) is 25.2. The summed E-state index contributed by atoms with van der Waals surface area (Å²) < 4.78 is 11.5. The van der Waals surface area contributed by atoms with E-state index in [1.165, 1.54) is 5.69 Å². The van der Waals surface area contributed by atoms with Crippen LogP contribution in [0.2, 0.25) is 0 Å². The predicted molar refractivity (Wildman–Crippen MR) is 145 cm³/mol. The highest BCUT2D eigenvalue weighted by molar-refractivity contribution is 5.73. The number of piperidine rings is 1. The highest BCUT2D eigenvalue weighted by Gasteiger charge is 2.22. The van der Waals surface area contributed by atoms with Crippen LogP contribution in [0.4, 0.5) is 5.69 Å². The second-order valence-corrected chi connectivity index (χ2v) is 9.91. The maximum absolute atomic E-state index is 11.7. The van der Waals surface area contributed by atoms with Crippen molar-refractivity contribution in [1.29, 1.82) is 5.26 Å². The fraction of sp³-hybridized carbons (Fsp3) is 0.400. The number of carbonyl (C=O) groups is 1. The molecule has 0 N–H and O–H groups in total. The first-order valence-electron chi connectivity index (χ1n) is 13.3. The smallest absolute Gasteiger partial charge is 0.219 e. The molecule has 1 amide bonds. The van der Waals surface area contributed by atoms with Gasteiger partial charge in [0.15, 0.2) is 0 Å². The molecular weight excluding hydrogens is 478 g/mol. The third-order valence-electron chi connectivity index (χ3n) is 7.21. The zero-order valence-electron chi connectivity index (χ0n) is 21.8. The Labute approximate surface area is 223 Å². The Morgan fingerprint density at radius 2 is 1.95 bits per heavy atom. The zero-order chi connectivity index (χ0) is 26.3. The Balaban J connectivity index is 1.24. The number of aromatic nitrogens is 2. The van der Waals surface area contributed by atoms with Gasteiger partial charge < -0.3 is 19.3 Å². The summed E-state index contributed by atoms with van der Waals surface area (Å²) in [6, 6.07) is 18.3. The van der Waals surface area contributed by atoms with E-state index in [1.807, 2.05) is 29.2 Å². The summed E-state index contributed by atoms with van der Waals surface area (Å²) in [5.74, 6) is 1.66. The fourth-order valence-corrected chi connectivity index (χ4v) is 5.07. The number of nitriles is 1. The highest BCUT2D eigenvalue weighted by atomic mass is 16.5. The molecule has 2 aromatic carbocycles. The van der Waals surface area contributed by atoms with E-state index in [-0.39, 0.29) is 11.8 Å². The number of carbonyl (C=O) groups excluding carboxylic acids is 1. The molecule has 0 saturated carbocycles. The van der Waals surface area contributed by atoms with E-state index in [0.29, 0.717) is 30.9 Å². The minimum absolute atomic E-state index is 0.103. The SMILES string of the molecule is CC(=O)N1CCCC(COc2ccc(-c3ccnc(Cc4ccc(N5CCOCC5)cc4)n3)cc2C#N)C1. The maximum atomic E-state index is 11.7. The van der Waals surface area contributed by atoms with E-state index in [9.17, 15) is 10.1 Å². The summed E-state index contributed by atoms with van der Waals surface area (Å²) in [5, 5.41) is 9.78. The number of nitrogens with zero attached hydrogens (tertiary/aromatic N) is 5. The molecule has 0 bridgehead atoms. The van der Waals surface area contributed by atoms with Gasteiger partial charge in [-0.05, 0) is 54.8 Å². The number of rotatable bonds is 7. The van der Waals surface area contributed by atoms with Crippen LogP contribution in [0.15, 0.2) is 54.7 Å². The summed E-state index contributed by atoms with van der Waals surface area (Å²) in [5.41, 5.74) is 4.44. The number of anilines is 1. The largest absolute Gasteiger partial charge is 0.492 e. The van der Waals surface area contributed by atoms with Gasteiger partial charge in [-0.15, -0.1) is 0 Å². The molecular formula is C30H33N5O3. The molecule has 1 atom stereocenters. The van der Waals surface area contributed by atoms with E-state index >= 15 is 0 Å². The Bertz CT molecular complexity index is 1300. The van der Waals surface area contributed by atoms with Gasteiger partial charge in [-0.3, -0.25) is 4.79 Å².